The fourth-order valence-corrected chi connectivity index (χ4v) is 4.81. The topological polar surface area (TPSA) is 127 Å². The number of nitrogens with one attached hydrogen (secondary N) is 2. The lowest BCUT2D eigenvalue weighted by Gasteiger charge is -2.18. The molecule has 2 aromatic carbocycles. The molecule has 4 rings (SSSR count). The highest BCUT2D eigenvalue weighted by Gasteiger charge is 2.20. The van der Waals surface area contributed by atoms with Gasteiger partial charge in [0.25, 0.3) is 5.91 Å². The summed E-state index contributed by atoms with van der Waals surface area (Å²) in [6, 6.07) is 10.6. The van der Waals surface area contributed by atoms with Crippen molar-refractivity contribution < 1.29 is 24.2 Å². The monoisotopic (exact) mass is 559 g/mol. The Morgan fingerprint density at radius 1 is 1.12 bits per heavy atom. The van der Waals surface area contributed by atoms with Gasteiger partial charge < -0.3 is 25.0 Å². The number of rotatable bonds is 13. The number of benzene rings is 2. The van der Waals surface area contributed by atoms with Gasteiger partial charge in [-0.3, -0.25) is 19.1 Å². The van der Waals surface area contributed by atoms with Crippen molar-refractivity contribution in [2.45, 2.75) is 65.6 Å². The number of carboxylic acid groups (broad SMARTS) is 1. The predicted molar refractivity (Wildman–Crippen MR) is 157 cm³/mol. The van der Waals surface area contributed by atoms with Crippen LogP contribution in [0.5, 0.6) is 5.75 Å². The molecule has 4 aromatic rings. The van der Waals surface area contributed by atoms with Crippen LogP contribution in [0.1, 0.15) is 66.2 Å². The molecule has 2 aromatic heterocycles. The van der Waals surface area contributed by atoms with Crippen LogP contribution in [0.25, 0.3) is 10.9 Å². The van der Waals surface area contributed by atoms with E-state index in [4.69, 9.17) is 9.84 Å². The number of ether oxygens (including phenoxy) is 1. The van der Waals surface area contributed by atoms with Crippen molar-refractivity contribution in [2.24, 2.45) is 0 Å². The van der Waals surface area contributed by atoms with Crippen molar-refractivity contribution >= 4 is 34.4 Å². The van der Waals surface area contributed by atoms with E-state index < -0.39 is 12.0 Å². The number of hydrogen-bond acceptors (Lipinski definition) is 5. The van der Waals surface area contributed by atoms with Crippen molar-refractivity contribution in [3.8, 4) is 5.75 Å². The second-order valence-electron chi connectivity index (χ2n) is 10.2. The molecule has 0 bridgehead atoms. The quantitative estimate of drug-likeness (QED) is 0.209. The molecule has 0 aliphatic rings. The molecule has 10 heteroatoms. The van der Waals surface area contributed by atoms with Crippen LogP contribution in [0.4, 0.5) is 5.69 Å². The van der Waals surface area contributed by atoms with Gasteiger partial charge >= 0.3 is 5.97 Å². The zero-order valence-electron chi connectivity index (χ0n) is 23.9. The molecule has 0 spiro atoms. The first-order valence-corrected chi connectivity index (χ1v) is 13.8. The molecule has 0 aliphatic heterocycles. The van der Waals surface area contributed by atoms with Crippen LogP contribution < -0.4 is 15.4 Å². The van der Waals surface area contributed by atoms with E-state index in [0.29, 0.717) is 29.8 Å². The predicted octanol–water partition coefficient (Wildman–Crippen LogP) is 5.10. The van der Waals surface area contributed by atoms with Gasteiger partial charge in [-0.15, -0.1) is 0 Å². The summed E-state index contributed by atoms with van der Waals surface area (Å²) < 4.78 is 9.63. The van der Waals surface area contributed by atoms with Gasteiger partial charge in [-0.05, 0) is 68.0 Å². The number of amides is 2. The van der Waals surface area contributed by atoms with Gasteiger partial charge in [-0.2, -0.15) is 5.10 Å². The molecule has 41 heavy (non-hydrogen) atoms. The van der Waals surface area contributed by atoms with E-state index in [9.17, 15) is 14.4 Å². The van der Waals surface area contributed by atoms with Gasteiger partial charge in [0.2, 0.25) is 5.91 Å². The highest BCUT2D eigenvalue weighted by atomic mass is 16.5. The number of aliphatic carboxylic acids is 1. The summed E-state index contributed by atoms with van der Waals surface area (Å²) >= 11 is 0. The Morgan fingerprint density at radius 2 is 1.93 bits per heavy atom. The van der Waals surface area contributed by atoms with E-state index >= 15 is 0 Å². The number of carboxylic acids is 1. The van der Waals surface area contributed by atoms with Crippen LogP contribution in [0.3, 0.4) is 0 Å². The lowest BCUT2D eigenvalue weighted by Crippen LogP contribution is -2.24. The molecular formula is C31H37N5O5. The molecule has 2 amide bonds. The number of hydrogen-bond donors (Lipinski definition) is 3. The first-order valence-electron chi connectivity index (χ1n) is 13.8. The normalized spacial score (nSPS) is 11.8. The van der Waals surface area contributed by atoms with E-state index in [-0.39, 0.29) is 24.8 Å². The summed E-state index contributed by atoms with van der Waals surface area (Å²) in [5.74, 6) is -0.624. The van der Waals surface area contributed by atoms with Crippen molar-refractivity contribution in [3.05, 3.63) is 77.2 Å². The molecule has 1 unspecified atom stereocenters. The highest BCUT2D eigenvalue weighted by Crippen LogP contribution is 2.28. The molecule has 0 fully saturated rings. The summed E-state index contributed by atoms with van der Waals surface area (Å²) in [5.41, 5.74) is 4.63. The van der Waals surface area contributed by atoms with Crippen LogP contribution in [-0.4, -0.2) is 44.3 Å². The lowest BCUT2D eigenvalue weighted by atomic mass is 10.0. The lowest BCUT2D eigenvalue weighted by molar-refractivity contribution is -0.137. The SMILES string of the molecule is CCCn1cc(OCc2ccc(CCCC(=O)O)c(NC(=O)C(C)n3cc(C)c4ccc(C(=O)NC)cc43)c2)cn1. The summed E-state index contributed by atoms with van der Waals surface area (Å²) in [7, 11) is 1.58. The van der Waals surface area contributed by atoms with Crippen molar-refractivity contribution in [3.63, 3.8) is 0 Å². The molecule has 0 saturated heterocycles. The van der Waals surface area contributed by atoms with Crippen LogP contribution >= 0.6 is 0 Å². The van der Waals surface area contributed by atoms with Crippen LogP contribution in [-0.2, 0) is 29.2 Å². The number of aromatic nitrogens is 3. The summed E-state index contributed by atoms with van der Waals surface area (Å²) in [6.45, 7) is 6.96. The van der Waals surface area contributed by atoms with Crippen LogP contribution in [0, 0.1) is 6.92 Å². The number of carbonyl (C=O) groups excluding carboxylic acids is 2. The Hall–Kier alpha value is -4.60. The summed E-state index contributed by atoms with van der Waals surface area (Å²) in [5, 5.41) is 20.1. The number of fused-ring (bicyclic) bond motifs is 1. The van der Waals surface area contributed by atoms with E-state index in [1.165, 1.54) is 0 Å². The number of aryl methyl sites for hydroxylation is 3. The van der Waals surface area contributed by atoms with Crippen LogP contribution in [0.2, 0.25) is 0 Å². The number of nitrogens with zero attached hydrogens (tertiary/aromatic N) is 3. The standard InChI is InChI=1S/C31H37N5O5/c1-5-13-35-18-25(16-33-35)41-19-22-9-10-23(7-6-8-29(37)38)27(14-22)34-30(39)21(3)36-17-20(2)26-12-11-24(15-28(26)36)31(40)32-4/h9-12,14-18,21H,5-8,13,19H2,1-4H3,(H,32,40)(H,34,39)(H,37,38). The Kier molecular flexibility index (Phi) is 9.44. The number of anilines is 1. The summed E-state index contributed by atoms with van der Waals surface area (Å²) in [4.78, 5) is 36.9. The summed E-state index contributed by atoms with van der Waals surface area (Å²) in [6.07, 6.45) is 7.41. The first kappa shape index (κ1) is 29.4. The smallest absolute Gasteiger partial charge is 0.303 e. The molecule has 2 heterocycles. The van der Waals surface area contributed by atoms with Crippen molar-refractivity contribution in [1.29, 1.82) is 0 Å². The van der Waals surface area contributed by atoms with Gasteiger partial charge in [-0.1, -0.05) is 25.1 Å². The Bertz CT molecular complexity index is 1550. The van der Waals surface area contributed by atoms with Gasteiger partial charge in [0.1, 0.15) is 12.6 Å². The fraction of sp³-hybridized carbons (Fsp3) is 0.355. The van der Waals surface area contributed by atoms with Crippen molar-refractivity contribution in [2.75, 3.05) is 12.4 Å². The average Bonchev–Trinajstić information content (AvgIpc) is 3.55. The Balaban J connectivity index is 1.57. The third-order valence-electron chi connectivity index (χ3n) is 7.06. The minimum Gasteiger partial charge on any atom is -0.486 e. The van der Waals surface area contributed by atoms with Gasteiger partial charge in [0, 0.05) is 48.4 Å². The average molecular weight is 560 g/mol. The molecule has 3 N–H and O–H groups in total. The van der Waals surface area contributed by atoms with Crippen molar-refractivity contribution in [1.82, 2.24) is 19.7 Å². The maximum Gasteiger partial charge on any atom is 0.303 e. The minimum atomic E-state index is -0.858. The molecular weight excluding hydrogens is 522 g/mol. The molecule has 1 atom stereocenters. The van der Waals surface area contributed by atoms with E-state index in [2.05, 4.69) is 22.7 Å². The molecule has 216 valence electrons. The molecule has 0 radical (unpaired) electrons. The maximum atomic E-state index is 13.6. The molecule has 0 aliphatic carbocycles. The maximum absolute atomic E-state index is 13.6. The Labute approximate surface area is 239 Å². The first-order chi connectivity index (χ1) is 19.7. The fourth-order valence-electron chi connectivity index (χ4n) is 4.81. The van der Waals surface area contributed by atoms with E-state index in [1.54, 1.807) is 25.4 Å². The highest BCUT2D eigenvalue weighted by molar-refractivity contribution is 6.00. The van der Waals surface area contributed by atoms with E-state index in [0.717, 1.165) is 40.6 Å². The largest absolute Gasteiger partial charge is 0.486 e. The van der Waals surface area contributed by atoms with Gasteiger partial charge in [0.15, 0.2) is 5.75 Å². The third kappa shape index (κ3) is 7.13. The number of carbonyl (C=O) groups is 3. The van der Waals surface area contributed by atoms with Gasteiger partial charge in [0.05, 0.1) is 12.4 Å². The molecule has 0 saturated carbocycles. The van der Waals surface area contributed by atoms with E-state index in [1.807, 2.05) is 59.8 Å². The second kappa shape index (κ2) is 13.2. The Morgan fingerprint density at radius 3 is 2.66 bits per heavy atom. The van der Waals surface area contributed by atoms with Gasteiger partial charge in [-0.25, -0.2) is 0 Å². The van der Waals surface area contributed by atoms with Crippen LogP contribution in [0.15, 0.2) is 55.0 Å². The minimum absolute atomic E-state index is 0.0404. The molecule has 10 nitrogen and oxygen atoms in total. The second-order valence-corrected chi connectivity index (χ2v) is 10.2. The third-order valence-corrected chi connectivity index (χ3v) is 7.06. The zero-order chi connectivity index (χ0) is 29.5. The zero-order valence-corrected chi connectivity index (χ0v) is 23.9.